The molecule has 0 fully saturated rings. The number of hydrogen-bond donors (Lipinski definition) is 0. The first-order chi connectivity index (χ1) is 7.22. The van der Waals surface area contributed by atoms with Gasteiger partial charge in [-0.15, -0.1) is 23.1 Å². The highest BCUT2D eigenvalue weighted by molar-refractivity contribution is 8.00. The molecular weight excluding hydrogens is 228 g/mol. The summed E-state index contributed by atoms with van der Waals surface area (Å²) in [5, 5.41) is 2.07. The van der Waals surface area contributed by atoms with Gasteiger partial charge >= 0.3 is 5.97 Å². The van der Waals surface area contributed by atoms with Crippen LogP contribution in [0.3, 0.4) is 0 Å². The maximum Gasteiger partial charge on any atom is 0.316 e. The Bertz CT molecular complexity index is 307. The lowest BCUT2D eigenvalue weighted by atomic mass is 10.4. The molecule has 0 atom stereocenters. The summed E-state index contributed by atoms with van der Waals surface area (Å²) in [7, 11) is 0. The molecule has 0 aromatic carbocycles. The Morgan fingerprint density at radius 2 is 2.40 bits per heavy atom. The fraction of sp³-hybridized carbons (Fsp3) is 0.545. The number of carbonyl (C=O) groups is 1. The molecule has 0 spiro atoms. The largest absolute Gasteiger partial charge is 0.465 e. The number of unbranched alkanes of at least 4 members (excludes halogenated alkanes) is 1. The fourth-order valence-electron chi connectivity index (χ4n) is 1.01. The van der Waals surface area contributed by atoms with E-state index in [2.05, 4.69) is 25.3 Å². The van der Waals surface area contributed by atoms with Gasteiger partial charge in [0.15, 0.2) is 0 Å². The molecule has 0 amide bonds. The first-order valence-electron chi connectivity index (χ1n) is 5.06. The van der Waals surface area contributed by atoms with Crippen LogP contribution in [0.2, 0.25) is 0 Å². The van der Waals surface area contributed by atoms with Crippen molar-refractivity contribution in [1.29, 1.82) is 0 Å². The number of thioether (sulfide) groups is 1. The molecule has 0 saturated carbocycles. The van der Waals surface area contributed by atoms with E-state index in [1.54, 1.807) is 23.1 Å². The van der Waals surface area contributed by atoms with Gasteiger partial charge in [0.1, 0.15) is 0 Å². The third-order valence-electron chi connectivity index (χ3n) is 1.82. The SMILES string of the molecule is CCCCOC(=O)CSc1csc(C)c1. The van der Waals surface area contributed by atoms with Crippen molar-refractivity contribution >= 4 is 29.1 Å². The molecule has 15 heavy (non-hydrogen) atoms. The molecular formula is C11H16O2S2. The second-order valence-corrected chi connectivity index (χ2v) is 5.42. The average molecular weight is 244 g/mol. The second kappa shape index (κ2) is 6.90. The van der Waals surface area contributed by atoms with Crippen LogP contribution in [0, 0.1) is 6.92 Å². The van der Waals surface area contributed by atoms with Gasteiger partial charge in [-0.3, -0.25) is 4.79 Å². The standard InChI is InChI=1S/C11H16O2S2/c1-3-4-5-13-11(12)8-15-10-6-9(2)14-7-10/h6-7H,3-5,8H2,1-2H3. The fourth-order valence-corrected chi connectivity index (χ4v) is 2.69. The summed E-state index contributed by atoms with van der Waals surface area (Å²) >= 11 is 3.25. The number of thiophene rings is 1. The van der Waals surface area contributed by atoms with E-state index in [-0.39, 0.29) is 5.97 Å². The number of carbonyl (C=O) groups excluding carboxylic acids is 1. The van der Waals surface area contributed by atoms with Crippen molar-refractivity contribution in [3.63, 3.8) is 0 Å². The lowest BCUT2D eigenvalue weighted by Gasteiger charge is -2.02. The summed E-state index contributed by atoms with van der Waals surface area (Å²) in [6.45, 7) is 4.70. The molecule has 1 rings (SSSR count). The summed E-state index contributed by atoms with van der Waals surface area (Å²) in [6.07, 6.45) is 2.01. The van der Waals surface area contributed by atoms with E-state index in [0.29, 0.717) is 12.4 Å². The molecule has 0 aliphatic heterocycles. The number of ether oxygens (including phenoxy) is 1. The van der Waals surface area contributed by atoms with E-state index in [4.69, 9.17) is 4.74 Å². The predicted molar refractivity (Wildman–Crippen MR) is 65.6 cm³/mol. The summed E-state index contributed by atoms with van der Waals surface area (Å²) in [4.78, 5) is 13.7. The van der Waals surface area contributed by atoms with E-state index < -0.39 is 0 Å². The number of esters is 1. The third kappa shape index (κ3) is 5.23. The Morgan fingerprint density at radius 3 is 3.00 bits per heavy atom. The molecule has 0 N–H and O–H groups in total. The maximum atomic E-state index is 11.3. The van der Waals surface area contributed by atoms with Crippen LogP contribution in [-0.4, -0.2) is 18.3 Å². The van der Waals surface area contributed by atoms with Crippen molar-refractivity contribution in [2.24, 2.45) is 0 Å². The summed E-state index contributed by atoms with van der Waals surface area (Å²) < 4.78 is 5.05. The van der Waals surface area contributed by atoms with Gasteiger partial charge in [-0.2, -0.15) is 0 Å². The lowest BCUT2D eigenvalue weighted by Crippen LogP contribution is -2.07. The van der Waals surface area contributed by atoms with E-state index in [1.807, 2.05) is 0 Å². The molecule has 2 nitrogen and oxygen atoms in total. The van der Waals surface area contributed by atoms with Crippen molar-refractivity contribution in [3.05, 3.63) is 16.3 Å². The number of aryl methyl sites for hydroxylation is 1. The Balaban J connectivity index is 2.16. The van der Waals surface area contributed by atoms with Gasteiger partial charge < -0.3 is 4.74 Å². The minimum atomic E-state index is -0.114. The van der Waals surface area contributed by atoms with Crippen LogP contribution in [0.5, 0.6) is 0 Å². The Labute approximate surface area is 99.0 Å². The molecule has 0 radical (unpaired) electrons. The quantitative estimate of drug-likeness (QED) is 0.435. The van der Waals surface area contributed by atoms with Crippen LogP contribution < -0.4 is 0 Å². The van der Waals surface area contributed by atoms with Crippen molar-refractivity contribution in [1.82, 2.24) is 0 Å². The lowest BCUT2D eigenvalue weighted by molar-refractivity contribution is -0.140. The molecule has 0 aliphatic carbocycles. The minimum absolute atomic E-state index is 0.114. The normalized spacial score (nSPS) is 10.3. The van der Waals surface area contributed by atoms with Crippen LogP contribution >= 0.6 is 23.1 Å². The van der Waals surface area contributed by atoms with Crippen molar-refractivity contribution < 1.29 is 9.53 Å². The Kier molecular flexibility index (Phi) is 5.79. The first-order valence-corrected chi connectivity index (χ1v) is 6.92. The van der Waals surface area contributed by atoms with Gasteiger partial charge in [-0.25, -0.2) is 0 Å². The number of rotatable bonds is 6. The third-order valence-corrected chi connectivity index (χ3v) is 3.78. The van der Waals surface area contributed by atoms with Crippen LogP contribution in [0.15, 0.2) is 16.3 Å². The maximum absolute atomic E-state index is 11.3. The summed E-state index contributed by atoms with van der Waals surface area (Å²) in [6, 6.07) is 2.09. The molecule has 84 valence electrons. The van der Waals surface area contributed by atoms with Gasteiger partial charge in [0.2, 0.25) is 0 Å². The molecule has 0 bridgehead atoms. The van der Waals surface area contributed by atoms with Crippen LogP contribution in [-0.2, 0) is 9.53 Å². The van der Waals surface area contributed by atoms with Gasteiger partial charge in [0, 0.05) is 15.2 Å². The Morgan fingerprint density at radius 1 is 1.60 bits per heavy atom. The molecule has 1 heterocycles. The summed E-state index contributed by atoms with van der Waals surface area (Å²) in [5.41, 5.74) is 0. The van der Waals surface area contributed by atoms with Crippen LogP contribution in [0.25, 0.3) is 0 Å². The molecule has 1 aromatic rings. The van der Waals surface area contributed by atoms with E-state index >= 15 is 0 Å². The monoisotopic (exact) mass is 244 g/mol. The molecule has 0 aliphatic rings. The van der Waals surface area contributed by atoms with Gasteiger partial charge in [0.05, 0.1) is 12.4 Å². The zero-order chi connectivity index (χ0) is 11.1. The minimum Gasteiger partial charge on any atom is -0.465 e. The van der Waals surface area contributed by atoms with Gasteiger partial charge in [0.25, 0.3) is 0 Å². The topological polar surface area (TPSA) is 26.3 Å². The highest BCUT2D eigenvalue weighted by Crippen LogP contribution is 2.24. The van der Waals surface area contributed by atoms with Crippen LogP contribution in [0.4, 0.5) is 0 Å². The van der Waals surface area contributed by atoms with E-state index in [0.717, 1.165) is 17.7 Å². The molecule has 0 saturated heterocycles. The highest BCUT2D eigenvalue weighted by Gasteiger charge is 2.04. The molecule has 0 unspecified atom stereocenters. The van der Waals surface area contributed by atoms with Crippen molar-refractivity contribution in [2.45, 2.75) is 31.6 Å². The average Bonchev–Trinajstić information content (AvgIpc) is 2.62. The van der Waals surface area contributed by atoms with E-state index in [9.17, 15) is 4.79 Å². The summed E-state index contributed by atoms with van der Waals surface area (Å²) in [5.74, 6) is 0.303. The van der Waals surface area contributed by atoms with Crippen LogP contribution in [0.1, 0.15) is 24.6 Å². The molecule has 1 aromatic heterocycles. The van der Waals surface area contributed by atoms with Gasteiger partial charge in [-0.05, 0) is 19.4 Å². The Hall–Kier alpha value is -0.480. The zero-order valence-corrected chi connectivity index (χ0v) is 10.7. The smallest absolute Gasteiger partial charge is 0.316 e. The second-order valence-electron chi connectivity index (χ2n) is 3.26. The molecule has 4 heteroatoms. The number of hydrogen-bond acceptors (Lipinski definition) is 4. The predicted octanol–water partition coefficient (Wildman–Crippen LogP) is 3.49. The first kappa shape index (κ1) is 12.6. The van der Waals surface area contributed by atoms with Crippen molar-refractivity contribution in [3.8, 4) is 0 Å². The highest BCUT2D eigenvalue weighted by atomic mass is 32.2. The van der Waals surface area contributed by atoms with Gasteiger partial charge in [-0.1, -0.05) is 13.3 Å². The van der Waals surface area contributed by atoms with Crippen molar-refractivity contribution in [2.75, 3.05) is 12.4 Å². The zero-order valence-electron chi connectivity index (χ0n) is 9.12. The van der Waals surface area contributed by atoms with E-state index in [1.165, 1.54) is 4.88 Å².